The Morgan fingerprint density at radius 1 is 1.23 bits per heavy atom. The number of rotatable bonds is 2. The first-order chi connectivity index (χ1) is 12.1. The molecule has 6 heteroatoms. The first-order valence-corrected chi connectivity index (χ1v) is 8.79. The van der Waals surface area contributed by atoms with Crippen LogP contribution in [-0.4, -0.2) is 51.9 Å². The molecule has 6 nitrogen and oxygen atoms in total. The highest BCUT2D eigenvalue weighted by molar-refractivity contribution is 6.21. The number of hydrogen-bond donors (Lipinski definition) is 0. The lowest BCUT2D eigenvalue weighted by Crippen LogP contribution is -2.58. The standard InChI is InChI=1S/C20H22N2O4/c1-12-13-9-20(12,22(10-13)18(25)26-19(2,3)4)11-21-16(23)14-7-5-6-8-15(14)17(21)24/h5-8,13H,1,9-11H2,2-4H3/t13-,20+/m1/s1. The zero-order valence-electron chi connectivity index (χ0n) is 15.2. The molecule has 1 saturated carbocycles. The summed E-state index contributed by atoms with van der Waals surface area (Å²) in [6, 6.07) is 6.80. The number of carbonyl (C=O) groups excluding carboxylic acids is 3. The van der Waals surface area contributed by atoms with Gasteiger partial charge in [0.15, 0.2) is 0 Å². The van der Waals surface area contributed by atoms with Crippen LogP contribution in [0.4, 0.5) is 4.79 Å². The summed E-state index contributed by atoms with van der Waals surface area (Å²) in [5.41, 5.74) is 0.414. The molecule has 1 aromatic rings. The molecule has 5 rings (SSSR count). The van der Waals surface area contributed by atoms with Gasteiger partial charge in [0.2, 0.25) is 0 Å². The Morgan fingerprint density at radius 2 is 1.81 bits per heavy atom. The van der Waals surface area contributed by atoms with Crippen molar-refractivity contribution >= 4 is 17.9 Å². The van der Waals surface area contributed by atoms with Crippen molar-refractivity contribution in [2.45, 2.75) is 38.3 Å². The van der Waals surface area contributed by atoms with E-state index in [1.807, 2.05) is 20.8 Å². The number of ether oxygens (including phenoxy) is 1. The van der Waals surface area contributed by atoms with E-state index in [0.717, 1.165) is 5.57 Å². The molecule has 3 amide bonds. The highest BCUT2D eigenvalue weighted by Gasteiger charge is 2.63. The Hall–Kier alpha value is -2.63. The molecule has 0 spiro atoms. The van der Waals surface area contributed by atoms with Crippen LogP contribution in [0, 0.1) is 5.92 Å². The largest absolute Gasteiger partial charge is 0.444 e. The molecule has 4 aliphatic rings. The smallest absolute Gasteiger partial charge is 0.411 e. The zero-order valence-corrected chi connectivity index (χ0v) is 15.2. The van der Waals surface area contributed by atoms with Gasteiger partial charge in [-0.1, -0.05) is 18.7 Å². The van der Waals surface area contributed by atoms with Gasteiger partial charge in [-0.15, -0.1) is 0 Å². The van der Waals surface area contributed by atoms with Gasteiger partial charge in [0.1, 0.15) is 5.60 Å². The van der Waals surface area contributed by atoms with Crippen LogP contribution in [0.1, 0.15) is 47.9 Å². The fourth-order valence-electron chi connectivity index (χ4n) is 4.23. The van der Waals surface area contributed by atoms with Gasteiger partial charge in [0.05, 0.1) is 23.2 Å². The van der Waals surface area contributed by atoms with Crippen molar-refractivity contribution < 1.29 is 19.1 Å². The van der Waals surface area contributed by atoms with Gasteiger partial charge >= 0.3 is 6.09 Å². The van der Waals surface area contributed by atoms with Crippen LogP contribution < -0.4 is 0 Å². The molecule has 1 aromatic carbocycles. The molecule has 3 fully saturated rings. The van der Waals surface area contributed by atoms with E-state index >= 15 is 0 Å². The third-order valence-corrected chi connectivity index (χ3v) is 5.51. The van der Waals surface area contributed by atoms with E-state index in [9.17, 15) is 14.4 Å². The van der Waals surface area contributed by atoms with E-state index < -0.39 is 17.2 Å². The number of hydrogen-bond acceptors (Lipinski definition) is 4. The normalized spacial score (nSPS) is 26.9. The Kier molecular flexibility index (Phi) is 3.36. The molecule has 2 atom stereocenters. The molecule has 2 bridgehead atoms. The summed E-state index contributed by atoms with van der Waals surface area (Å²) in [7, 11) is 0. The number of imide groups is 1. The predicted octanol–water partition coefficient (Wildman–Crippen LogP) is 2.85. The molecular formula is C20H22N2O4. The maximum Gasteiger partial charge on any atom is 0.411 e. The highest BCUT2D eigenvalue weighted by Crippen LogP contribution is 2.55. The molecule has 26 heavy (non-hydrogen) atoms. The minimum Gasteiger partial charge on any atom is -0.444 e. The summed E-state index contributed by atoms with van der Waals surface area (Å²) in [6.07, 6.45) is 0.286. The van der Waals surface area contributed by atoms with E-state index in [4.69, 9.17) is 4.74 Å². The SMILES string of the molecule is C=C1[C@H]2CN(C(=O)OC(C)(C)C)[C@]1(CN1C(=O)c3ccccc3C1=O)C2. The molecule has 0 radical (unpaired) electrons. The fraction of sp³-hybridized carbons (Fsp3) is 0.450. The van der Waals surface area contributed by atoms with E-state index in [1.165, 1.54) is 4.90 Å². The maximum atomic E-state index is 12.7. The lowest BCUT2D eigenvalue weighted by Gasteiger charge is -2.45. The molecule has 3 aliphatic heterocycles. The van der Waals surface area contributed by atoms with Gasteiger partial charge in [0.25, 0.3) is 11.8 Å². The lowest BCUT2D eigenvalue weighted by atomic mass is 9.68. The van der Waals surface area contributed by atoms with Gasteiger partial charge in [-0.25, -0.2) is 4.79 Å². The van der Waals surface area contributed by atoms with Crippen LogP contribution in [0.3, 0.4) is 0 Å². The predicted molar refractivity (Wildman–Crippen MR) is 94.7 cm³/mol. The monoisotopic (exact) mass is 354 g/mol. The minimum absolute atomic E-state index is 0.133. The number of nitrogens with zero attached hydrogens (tertiary/aromatic N) is 2. The van der Waals surface area contributed by atoms with Crippen LogP contribution in [0.25, 0.3) is 0 Å². The molecule has 136 valence electrons. The summed E-state index contributed by atoms with van der Waals surface area (Å²) in [5, 5.41) is 0. The van der Waals surface area contributed by atoms with E-state index in [1.54, 1.807) is 29.2 Å². The van der Waals surface area contributed by atoms with Crippen LogP contribution in [0.15, 0.2) is 36.4 Å². The summed E-state index contributed by atoms with van der Waals surface area (Å²) >= 11 is 0. The van der Waals surface area contributed by atoms with Gasteiger partial charge in [-0.3, -0.25) is 19.4 Å². The van der Waals surface area contributed by atoms with Gasteiger partial charge in [-0.2, -0.15) is 0 Å². The fourth-order valence-corrected chi connectivity index (χ4v) is 4.23. The van der Waals surface area contributed by atoms with Gasteiger partial charge in [0, 0.05) is 12.5 Å². The summed E-state index contributed by atoms with van der Waals surface area (Å²) in [5.74, 6) is -0.419. The van der Waals surface area contributed by atoms with Crippen LogP contribution >= 0.6 is 0 Å². The number of fused-ring (bicyclic) bond motifs is 2. The van der Waals surface area contributed by atoms with E-state index in [-0.39, 0.29) is 24.3 Å². The summed E-state index contributed by atoms with van der Waals surface area (Å²) in [6.45, 7) is 10.2. The molecule has 0 aromatic heterocycles. The van der Waals surface area contributed by atoms with E-state index in [2.05, 4.69) is 6.58 Å². The van der Waals surface area contributed by atoms with Crippen LogP contribution in [0.5, 0.6) is 0 Å². The van der Waals surface area contributed by atoms with Crippen molar-refractivity contribution in [3.05, 3.63) is 47.5 Å². The van der Waals surface area contributed by atoms with Crippen molar-refractivity contribution in [1.82, 2.24) is 9.80 Å². The van der Waals surface area contributed by atoms with Crippen molar-refractivity contribution in [3.63, 3.8) is 0 Å². The van der Waals surface area contributed by atoms with E-state index in [0.29, 0.717) is 24.1 Å². The quantitative estimate of drug-likeness (QED) is 0.605. The Labute approximate surface area is 152 Å². The topological polar surface area (TPSA) is 66.9 Å². The summed E-state index contributed by atoms with van der Waals surface area (Å²) < 4.78 is 5.53. The third-order valence-electron chi connectivity index (χ3n) is 5.51. The summed E-state index contributed by atoms with van der Waals surface area (Å²) in [4.78, 5) is 41.0. The minimum atomic E-state index is -0.708. The molecule has 1 aliphatic carbocycles. The molecular weight excluding hydrogens is 332 g/mol. The van der Waals surface area contributed by atoms with Crippen molar-refractivity contribution in [1.29, 1.82) is 0 Å². The second-order valence-electron chi connectivity index (χ2n) is 8.29. The van der Waals surface area contributed by atoms with Crippen LogP contribution in [-0.2, 0) is 4.74 Å². The Balaban J connectivity index is 1.61. The van der Waals surface area contributed by atoms with Crippen molar-refractivity contribution in [2.75, 3.05) is 13.1 Å². The van der Waals surface area contributed by atoms with Gasteiger partial charge in [-0.05, 0) is 44.9 Å². The molecule has 2 saturated heterocycles. The highest BCUT2D eigenvalue weighted by atomic mass is 16.6. The number of carbonyl (C=O) groups is 3. The second-order valence-corrected chi connectivity index (χ2v) is 8.29. The van der Waals surface area contributed by atoms with Crippen molar-refractivity contribution in [2.24, 2.45) is 5.92 Å². The third kappa shape index (κ3) is 2.21. The number of benzene rings is 1. The number of amides is 3. The lowest BCUT2D eigenvalue weighted by molar-refractivity contribution is 0.00889. The average molecular weight is 354 g/mol. The molecule has 0 unspecified atom stereocenters. The second kappa shape index (κ2) is 5.19. The molecule has 0 N–H and O–H groups in total. The maximum absolute atomic E-state index is 12.7. The Bertz CT molecular complexity index is 819. The molecule has 3 heterocycles. The van der Waals surface area contributed by atoms with Crippen molar-refractivity contribution in [3.8, 4) is 0 Å². The first kappa shape index (κ1) is 16.8. The van der Waals surface area contributed by atoms with Gasteiger partial charge < -0.3 is 4.74 Å². The zero-order chi connectivity index (χ0) is 18.9. The first-order valence-electron chi connectivity index (χ1n) is 8.79. The average Bonchev–Trinajstić information content (AvgIpc) is 3.17. The van der Waals surface area contributed by atoms with Crippen LogP contribution in [0.2, 0.25) is 0 Å². The Morgan fingerprint density at radius 3 is 2.31 bits per heavy atom.